The van der Waals surface area contributed by atoms with Gasteiger partial charge in [-0.1, -0.05) is 35.3 Å². The van der Waals surface area contributed by atoms with Crippen molar-refractivity contribution in [2.75, 3.05) is 13.6 Å². The highest BCUT2D eigenvalue weighted by Gasteiger charge is 2.11. The van der Waals surface area contributed by atoms with Gasteiger partial charge in [0.25, 0.3) is 0 Å². The number of rotatable bonds is 5. The second kappa shape index (κ2) is 8.75. The average Bonchev–Trinajstić information content (AvgIpc) is 2.54. The number of nitrogens with one attached hydrogen (secondary N) is 2. The van der Waals surface area contributed by atoms with E-state index in [1.54, 1.807) is 19.3 Å². The maximum absolute atomic E-state index is 6.24. The normalized spacial score (nSPS) is 12.8. The fourth-order valence-electron chi connectivity index (χ4n) is 2.19. The van der Waals surface area contributed by atoms with E-state index in [-0.39, 0.29) is 6.04 Å². The van der Waals surface area contributed by atoms with E-state index in [1.165, 1.54) is 0 Å². The topological polar surface area (TPSA) is 49.3 Å². The van der Waals surface area contributed by atoms with Gasteiger partial charge >= 0.3 is 0 Å². The Balaban J connectivity index is 1.89. The molecule has 1 atom stereocenters. The maximum atomic E-state index is 6.24. The molecule has 0 saturated carbocycles. The van der Waals surface area contributed by atoms with Gasteiger partial charge in [0, 0.05) is 41.9 Å². The van der Waals surface area contributed by atoms with E-state index in [4.69, 9.17) is 23.2 Å². The van der Waals surface area contributed by atoms with Gasteiger partial charge in [-0.3, -0.25) is 9.98 Å². The van der Waals surface area contributed by atoms with Gasteiger partial charge < -0.3 is 10.6 Å². The first-order chi connectivity index (χ1) is 11.1. The first-order valence-electron chi connectivity index (χ1n) is 7.42. The highest BCUT2D eigenvalue weighted by molar-refractivity contribution is 6.35. The summed E-state index contributed by atoms with van der Waals surface area (Å²) in [5, 5.41) is 7.87. The van der Waals surface area contributed by atoms with Crippen LogP contribution in [0.1, 0.15) is 24.2 Å². The van der Waals surface area contributed by atoms with E-state index in [2.05, 4.69) is 20.6 Å². The van der Waals surface area contributed by atoms with Gasteiger partial charge in [0.15, 0.2) is 5.96 Å². The van der Waals surface area contributed by atoms with E-state index >= 15 is 0 Å². The predicted octanol–water partition coefficient (Wildman–Crippen LogP) is 3.86. The van der Waals surface area contributed by atoms with Crippen molar-refractivity contribution in [1.29, 1.82) is 0 Å². The third-order valence-electron chi connectivity index (χ3n) is 3.41. The molecule has 0 bridgehead atoms. The summed E-state index contributed by atoms with van der Waals surface area (Å²) in [6, 6.07) is 11.4. The van der Waals surface area contributed by atoms with E-state index in [0.717, 1.165) is 30.2 Å². The molecule has 122 valence electrons. The Morgan fingerprint density at radius 3 is 2.74 bits per heavy atom. The Hall–Kier alpha value is -1.78. The Morgan fingerprint density at radius 1 is 1.26 bits per heavy atom. The summed E-state index contributed by atoms with van der Waals surface area (Å²) in [5.74, 6) is 0.722. The summed E-state index contributed by atoms with van der Waals surface area (Å²) in [7, 11) is 1.74. The van der Waals surface area contributed by atoms with Crippen molar-refractivity contribution in [3.05, 3.63) is 63.9 Å². The molecular weight excluding hydrogens is 331 g/mol. The van der Waals surface area contributed by atoms with Crippen LogP contribution in [0.15, 0.2) is 47.6 Å². The number of hydrogen-bond acceptors (Lipinski definition) is 2. The molecule has 2 aromatic rings. The minimum atomic E-state index is 0.0146. The lowest BCUT2D eigenvalue weighted by molar-refractivity contribution is 0.683. The average molecular weight is 351 g/mol. The molecule has 4 nitrogen and oxygen atoms in total. The molecule has 0 spiro atoms. The largest absolute Gasteiger partial charge is 0.356 e. The number of benzene rings is 1. The van der Waals surface area contributed by atoms with Crippen LogP contribution in [0.3, 0.4) is 0 Å². The maximum Gasteiger partial charge on any atom is 0.191 e. The Labute approximate surface area is 146 Å². The minimum Gasteiger partial charge on any atom is -0.356 e. The lowest BCUT2D eigenvalue weighted by Gasteiger charge is -2.19. The van der Waals surface area contributed by atoms with Crippen LogP contribution in [0.25, 0.3) is 0 Å². The molecular formula is C17H20Cl2N4. The smallest absolute Gasteiger partial charge is 0.191 e. The van der Waals surface area contributed by atoms with E-state index in [1.807, 2.05) is 37.3 Å². The van der Waals surface area contributed by atoms with Gasteiger partial charge in [0.2, 0.25) is 0 Å². The van der Waals surface area contributed by atoms with Crippen LogP contribution in [-0.2, 0) is 6.42 Å². The zero-order valence-corrected chi connectivity index (χ0v) is 14.7. The molecule has 2 N–H and O–H groups in total. The molecule has 1 unspecified atom stereocenters. The van der Waals surface area contributed by atoms with Gasteiger partial charge in [0.1, 0.15) is 0 Å². The molecule has 0 aliphatic heterocycles. The highest BCUT2D eigenvalue weighted by Crippen LogP contribution is 2.25. The van der Waals surface area contributed by atoms with Crippen LogP contribution >= 0.6 is 23.2 Å². The second-order valence-electron chi connectivity index (χ2n) is 5.10. The first kappa shape index (κ1) is 17.6. The quantitative estimate of drug-likeness (QED) is 0.635. The van der Waals surface area contributed by atoms with Crippen molar-refractivity contribution in [1.82, 2.24) is 15.6 Å². The fourth-order valence-corrected chi connectivity index (χ4v) is 2.76. The summed E-state index contributed by atoms with van der Waals surface area (Å²) >= 11 is 12.2. The number of aliphatic imine (C=N–C) groups is 1. The van der Waals surface area contributed by atoms with E-state index < -0.39 is 0 Å². The van der Waals surface area contributed by atoms with Crippen LogP contribution in [0.4, 0.5) is 0 Å². The number of pyridine rings is 1. The molecule has 0 amide bonds. The van der Waals surface area contributed by atoms with Crippen molar-refractivity contribution in [2.45, 2.75) is 19.4 Å². The monoisotopic (exact) mass is 350 g/mol. The molecule has 1 heterocycles. The van der Waals surface area contributed by atoms with Gasteiger partial charge in [-0.15, -0.1) is 0 Å². The highest BCUT2D eigenvalue weighted by atomic mass is 35.5. The van der Waals surface area contributed by atoms with Gasteiger partial charge in [-0.2, -0.15) is 0 Å². The van der Waals surface area contributed by atoms with Crippen LogP contribution in [-0.4, -0.2) is 24.5 Å². The first-order valence-corrected chi connectivity index (χ1v) is 8.18. The van der Waals surface area contributed by atoms with Gasteiger partial charge in [0.05, 0.1) is 6.04 Å². The molecule has 1 aromatic heterocycles. The second-order valence-corrected chi connectivity index (χ2v) is 5.95. The Bertz CT molecular complexity index is 659. The lowest BCUT2D eigenvalue weighted by atomic mass is 10.1. The van der Waals surface area contributed by atoms with Crippen LogP contribution in [0, 0.1) is 0 Å². The van der Waals surface area contributed by atoms with Crippen molar-refractivity contribution in [2.24, 2.45) is 4.99 Å². The third kappa shape index (κ3) is 5.41. The Morgan fingerprint density at radius 2 is 2.09 bits per heavy atom. The number of halogens is 2. The summed E-state index contributed by atoms with van der Waals surface area (Å²) in [6.07, 6.45) is 2.63. The predicted molar refractivity (Wildman–Crippen MR) is 97.3 cm³/mol. The van der Waals surface area contributed by atoms with Crippen LogP contribution < -0.4 is 10.6 Å². The molecule has 6 heteroatoms. The molecule has 0 fully saturated rings. The standard InChI is InChI=1S/C17H20Cl2N4/c1-12(15-7-6-13(18)11-16(15)19)23-17(20-2)22-10-8-14-5-3-4-9-21-14/h3-7,9,11-12H,8,10H2,1-2H3,(H2,20,22,23). The van der Waals surface area contributed by atoms with Crippen molar-refractivity contribution in [3.8, 4) is 0 Å². The SMILES string of the molecule is CN=C(NCCc1ccccn1)NC(C)c1ccc(Cl)cc1Cl. The molecule has 1 aromatic carbocycles. The zero-order chi connectivity index (χ0) is 16.7. The van der Waals surface area contributed by atoms with Crippen molar-refractivity contribution >= 4 is 29.2 Å². The molecule has 2 rings (SSSR count). The van der Waals surface area contributed by atoms with E-state index in [9.17, 15) is 0 Å². The zero-order valence-electron chi connectivity index (χ0n) is 13.2. The van der Waals surface area contributed by atoms with Crippen molar-refractivity contribution < 1.29 is 0 Å². The summed E-state index contributed by atoms with van der Waals surface area (Å²) in [5.41, 5.74) is 2.02. The molecule has 0 saturated heterocycles. The van der Waals surface area contributed by atoms with Crippen molar-refractivity contribution in [3.63, 3.8) is 0 Å². The third-order valence-corrected chi connectivity index (χ3v) is 3.97. The lowest BCUT2D eigenvalue weighted by Crippen LogP contribution is -2.39. The minimum absolute atomic E-state index is 0.0146. The Kier molecular flexibility index (Phi) is 6.68. The molecule has 0 radical (unpaired) electrons. The molecule has 23 heavy (non-hydrogen) atoms. The summed E-state index contributed by atoms with van der Waals surface area (Å²) < 4.78 is 0. The fraction of sp³-hybridized carbons (Fsp3) is 0.294. The number of aromatic nitrogens is 1. The molecule has 0 aliphatic carbocycles. The number of hydrogen-bond donors (Lipinski definition) is 2. The van der Waals surface area contributed by atoms with Gasteiger partial charge in [-0.25, -0.2) is 0 Å². The summed E-state index contributed by atoms with van der Waals surface area (Å²) in [6.45, 7) is 2.78. The summed E-state index contributed by atoms with van der Waals surface area (Å²) in [4.78, 5) is 8.54. The van der Waals surface area contributed by atoms with E-state index in [0.29, 0.717) is 10.0 Å². The van der Waals surface area contributed by atoms with Crippen LogP contribution in [0.2, 0.25) is 10.0 Å². The van der Waals surface area contributed by atoms with Crippen LogP contribution in [0.5, 0.6) is 0 Å². The molecule has 0 aliphatic rings. The van der Waals surface area contributed by atoms with Gasteiger partial charge in [-0.05, 0) is 36.8 Å². The number of nitrogens with zero attached hydrogens (tertiary/aromatic N) is 2. The number of guanidine groups is 1.